The normalized spacial score (nSPS) is 12.7. The fourth-order valence-electron chi connectivity index (χ4n) is 2.02. The Balaban J connectivity index is 2.21. The van der Waals surface area contributed by atoms with Gasteiger partial charge in [-0.3, -0.25) is 4.79 Å². The number of benzene rings is 1. The van der Waals surface area contributed by atoms with Crippen molar-refractivity contribution in [2.24, 2.45) is 4.40 Å². The molecule has 2 aromatic heterocycles. The van der Waals surface area contributed by atoms with Crippen LogP contribution in [0, 0.1) is 0 Å². The third-order valence-electron chi connectivity index (χ3n) is 3.10. The second kappa shape index (κ2) is 6.67. The Bertz CT molecular complexity index is 1080. The van der Waals surface area contributed by atoms with Crippen molar-refractivity contribution in [3.05, 3.63) is 45.5 Å². The number of methoxy groups -OCH3 is 1. The first kappa shape index (κ1) is 17.2. The van der Waals surface area contributed by atoms with Gasteiger partial charge >= 0.3 is 5.97 Å². The van der Waals surface area contributed by atoms with Crippen molar-refractivity contribution in [2.75, 3.05) is 7.11 Å². The molecule has 0 aliphatic carbocycles. The molecule has 0 aliphatic heterocycles. The molecule has 0 atom stereocenters. The largest absolute Gasteiger partial charge is 0.468 e. The van der Waals surface area contributed by atoms with E-state index in [-0.39, 0.29) is 15.6 Å². The number of hydrogen-bond acceptors (Lipinski definition) is 6. The van der Waals surface area contributed by atoms with E-state index >= 15 is 0 Å². The number of nitrogens with zero attached hydrogens (tertiary/aromatic N) is 2. The highest BCUT2D eigenvalue weighted by Crippen LogP contribution is 2.27. The van der Waals surface area contributed by atoms with Gasteiger partial charge in [-0.25, -0.2) is 0 Å². The predicted octanol–water partition coefficient (Wildman–Crippen LogP) is 2.88. The molecular formula is C14H11ClN2O4S3. The number of carbonyl (C=O) groups is 1. The maximum atomic E-state index is 12.5. The average molecular weight is 403 g/mol. The minimum Gasteiger partial charge on any atom is -0.468 e. The molecule has 2 heterocycles. The highest BCUT2D eigenvalue weighted by Gasteiger charge is 2.18. The molecule has 24 heavy (non-hydrogen) atoms. The molecule has 0 bridgehead atoms. The lowest BCUT2D eigenvalue weighted by molar-refractivity contribution is -0.141. The Morgan fingerprint density at radius 3 is 2.67 bits per heavy atom. The summed E-state index contributed by atoms with van der Waals surface area (Å²) in [6.07, 6.45) is 0. The molecule has 126 valence electrons. The van der Waals surface area contributed by atoms with E-state index in [4.69, 9.17) is 11.6 Å². The molecule has 0 saturated carbocycles. The number of halogens is 1. The molecule has 0 unspecified atom stereocenters. The standard InChI is InChI=1S/C14H11ClN2O4S3/c1-21-12(18)8-17-9-4-2-3-5-10(9)22-14(17)16-24(19,20)13-7-6-11(15)23-13/h2-7H,8H2,1H3. The highest BCUT2D eigenvalue weighted by molar-refractivity contribution is 7.92. The van der Waals surface area contributed by atoms with Crippen LogP contribution >= 0.6 is 34.3 Å². The monoisotopic (exact) mass is 402 g/mol. The summed E-state index contributed by atoms with van der Waals surface area (Å²) in [5, 5.41) is 0. The number of hydrogen-bond donors (Lipinski definition) is 0. The number of fused-ring (bicyclic) bond motifs is 1. The summed E-state index contributed by atoms with van der Waals surface area (Å²) in [4.78, 5) is 11.9. The molecule has 0 aliphatic rings. The van der Waals surface area contributed by atoms with Crippen LogP contribution in [0.25, 0.3) is 10.2 Å². The molecule has 0 saturated heterocycles. The Kier molecular flexibility index (Phi) is 4.77. The van der Waals surface area contributed by atoms with Gasteiger partial charge < -0.3 is 9.30 Å². The van der Waals surface area contributed by atoms with Crippen LogP contribution in [0.2, 0.25) is 4.34 Å². The van der Waals surface area contributed by atoms with E-state index in [0.29, 0.717) is 9.85 Å². The molecule has 3 aromatic rings. The van der Waals surface area contributed by atoms with Crippen molar-refractivity contribution >= 4 is 60.5 Å². The number of rotatable bonds is 4. The van der Waals surface area contributed by atoms with Crippen molar-refractivity contribution < 1.29 is 17.9 Å². The maximum Gasteiger partial charge on any atom is 0.325 e. The van der Waals surface area contributed by atoms with E-state index in [1.54, 1.807) is 12.1 Å². The van der Waals surface area contributed by atoms with Gasteiger partial charge in [0.25, 0.3) is 10.0 Å². The number of thiazole rings is 1. The fourth-order valence-corrected chi connectivity index (χ4v) is 5.71. The first-order valence-corrected chi connectivity index (χ1v) is 10.1. The summed E-state index contributed by atoms with van der Waals surface area (Å²) >= 11 is 7.92. The number of thiophene rings is 1. The summed E-state index contributed by atoms with van der Waals surface area (Å²) in [5.41, 5.74) is 0.714. The van der Waals surface area contributed by atoms with E-state index < -0.39 is 16.0 Å². The van der Waals surface area contributed by atoms with Gasteiger partial charge in [0.2, 0.25) is 4.80 Å². The van der Waals surface area contributed by atoms with E-state index in [0.717, 1.165) is 16.0 Å². The maximum absolute atomic E-state index is 12.5. The van der Waals surface area contributed by atoms with E-state index in [2.05, 4.69) is 9.13 Å². The SMILES string of the molecule is COC(=O)Cn1c(=NS(=O)(=O)c2ccc(Cl)s2)sc2ccccc21. The quantitative estimate of drug-likeness (QED) is 0.628. The van der Waals surface area contributed by atoms with E-state index in [1.807, 2.05) is 12.1 Å². The van der Waals surface area contributed by atoms with Gasteiger partial charge in [-0.1, -0.05) is 35.1 Å². The van der Waals surface area contributed by atoms with Crippen molar-refractivity contribution in [3.8, 4) is 0 Å². The molecule has 0 spiro atoms. The zero-order valence-electron chi connectivity index (χ0n) is 12.3. The molecular weight excluding hydrogens is 392 g/mol. The molecule has 0 radical (unpaired) electrons. The summed E-state index contributed by atoms with van der Waals surface area (Å²) in [6, 6.07) is 10.2. The molecule has 10 heteroatoms. The first-order chi connectivity index (χ1) is 11.4. The van der Waals surface area contributed by atoms with Crippen molar-refractivity contribution in [1.82, 2.24) is 4.57 Å². The third-order valence-corrected chi connectivity index (χ3v) is 7.24. The van der Waals surface area contributed by atoms with Crippen molar-refractivity contribution in [2.45, 2.75) is 10.8 Å². The van der Waals surface area contributed by atoms with Gasteiger partial charge in [0.15, 0.2) is 0 Å². The van der Waals surface area contributed by atoms with E-state index in [1.165, 1.54) is 35.1 Å². The van der Waals surface area contributed by atoms with Crippen LogP contribution < -0.4 is 4.80 Å². The Labute approximate surface area is 150 Å². The minimum atomic E-state index is -3.91. The lowest BCUT2D eigenvalue weighted by atomic mass is 10.3. The molecule has 0 fully saturated rings. The molecule has 0 N–H and O–H groups in total. The summed E-state index contributed by atoms with van der Waals surface area (Å²) in [7, 11) is -2.63. The Hall–Kier alpha value is -1.68. The van der Waals surface area contributed by atoms with Gasteiger partial charge in [-0.15, -0.1) is 15.7 Å². The van der Waals surface area contributed by atoms with Crippen LogP contribution in [0.15, 0.2) is 45.0 Å². The summed E-state index contributed by atoms with van der Waals surface area (Å²) in [6.45, 7) is -0.125. The van der Waals surface area contributed by atoms with Gasteiger partial charge in [0, 0.05) is 0 Å². The Morgan fingerprint density at radius 1 is 1.25 bits per heavy atom. The van der Waals surface area contributed by atoms with E-state index in [9.17, 15) is 13.2 Å². The lowest BCUT2D eigenvalue weighted by Gasteiger charge is -2.03. The van der Waals surface area contributed by atoms with Crippen molar-refractivity contribution in [3.63, 3.8) is 0 Å². The van der Waals surface area contributed by atoms with Crippen LogP contribution in [0.3, 0.4) is 0 Å². The topological polar surface area (TPSA) is 77.7 Å². The van der Waals surface area contributed by atoms with Gasteiger partial charge in [0.05, 0.1) is 21.7 Å². The lowest BCUT2D eigenvalue weighted by Crippen LogP contribution is -2.22. The average Bonchev–Trinajstić information content (AvgIpc) is 3.12. The van der Waals surface area contributed by atoms with Crippen LogP contribution in [-0.2, 0) is 26.1 Å². The molecule has 0 amide bonds. The van der Waals surface area contributed by atoms with Crippen LogP contribution in [0.1, 0.15) is 0 Å². The smallest absolute Gasteiger partial charge is 0.325 e. The highest BCUT2D eigenvalue weighted by atomic mass is 35.5. The Morgan fingerprint density at radius 2 is 2.00 bits per heavy atom. The number of para-hydroxylation sites is 1. The molecule has 1 aromatic carbocycles. The van der Waals surface area contributed by atoms with Gasteiger partial charge in [0.1, 0.15) is 10.8 Å². The van der Waals surface area contributed by atoms with Gasteiger partial charge in [-0.05, 0) is 24.3 Å². The number of ether oxygens (including phenoxy) is 1. The fraction of sp³-hybridized carbons (Fsp3) is 0.143. The van der Waals surface area contributed by atoms with Crippen molar-refractivity contribution in [1.29, 1.82) is 0 Å². The third kappa shape index (κ3) is 3.39. The van der Waals surface area contributed by atoms with Crippen LogP contribution in [0.5, 0.6) is 0 Å². The van der Waals surface area contributed by atoms with Crippen LogP contribution in [0.4, 0.5) is 0 Å². The number of aromatic nitrogens is 1. The first-order valence-electron chi connectivity index (χ1n) is 6.62. The molecule has 6 nitrogen and oxygen atoms in total. The zero-order chi connectivity index (χ0) is 17.3. The van der Waals surface area contributed by atoms with Crippen LogP contribution in [-0.4, -0.2) is 26.1 Å². The second-order valence-corrected chi connectivity index (χ2v) is 9.19. The summed E-state index contributed by atoms with van der Waals surface area (Å²) < 4.78 is 36.3. The number of carbonyl (C=O) groups excluding carboxylic acids is 1. The minimum absolute atomic E-state index is 0.0505. The zero-order valence-corrected chi connectivity index (χ0v) is 15.5. The predicted molar refractivity (Wildman–Crippen MR) is 93.9 cm³/mol. The second-order valence-electron chi connectivity index (χ2n) is 4.64. The number of esters is 1. The molecule has 3 rings (SSSR count). The number of sulfonamides is 1. The summed E-state index contributed by atoms with van der Waals surface area (Å²) in [5.74, 6) is -0.489. The van der Waals surface area contributed by atoms with Gasteiger partial charge in [-0.2, -0.15) is 8.42 Å².